The van der Waals surface area contributed by atoms with Gasteiger partial charge in [0.15, 0.2) is 0 Å². The molecule has 0 saturated carbocycles. The molecule has 2 aromatic carbocycles. The van der Waals surface area contributed by atoms with E-state index in [4.69, 9.17) is 4.74 Å². The maximum absolute atomic E-state index is 14.1. The second-order valence-corrected chi connectivity index (χ2v) is 9.89. The first-order valence-corrected chi connectivity index (χ1v) is 12.8. The molecule has 0 atom stereocenters. The lowest BCUT2D eigenvalue weighted by Gasteiger charge is -2.29. The van der Waals surface area contributed by atoms with Crippen molar-refractivity contribution < 1.29 is 23.4 Å². The Balaban J connectivity index is 1.43. The molecule has 3 N–H and O–H groups in total. The van der Waals surface area contributed by atoms with E-state index in [1.165, 1.54) is 6.07 Å². The number of pyridine rings is 1. The molecular formula is C27H28BrF2N3O4. The summed E-state index contributed by atoms with van der Waals surface area (Å²) in [5.74, 6) is -1.10. The van der Waals surface area contributed by atoms with E-state index >= 15 is 0 Å². The van der Waals surface area contributed by atoms with Crippen LogP contribution in [-0.4, -0.2) is 40.2 Å². The number of likely N-dealkylation sites (tertiary alicyclic amines) is 1. The number of ether oxygens (including phenoxy) is 1. The quantitative estimate of drug-likeness (QED) is 0.385. The van der Waals surface area contributed by atoms with Gasteiger partial charge in [-0.1, -0.05) is 24.3 Å². The fourth-order valence-corrected chi connectivity index (χ4v) is 4.65. The highest BCUT2D eigenvalue weighted by molar-refractivity contribution is 9.10. The first-order chi connectivity index (χ1) is 17.7. The third-order valence-electron chi connectivity index (χ3n) is 6.41. The highest BCUT2D eigenvalue weighted by Crippen LogP contribution is 2.31. The summed E-state index contributed by atoms with van der Waals surface area (Å²) in [6.45, 7) is 3.04. The molecule has 7 nitrogen and oxygen atoms in total. The van der Waals surface area contributed by atoms with Gasteiger partial charge in [0.25, 0.3) is 5.56 Å². The van der Waals surface area contributed by atoms with Crippen LogP contribution in [0.3, 0.4) is 0 Å². The summed E-state index contributed by atoms with van der Waals surface area (Å²) >= 11 is 3.28. The summed E-state index contributed by atoms with van der Waals surface area (Å²) in [5, 5.41) is 12.5. The lowest BCUT2D eigenvalue weighted by atomic mass is 10.0. The van der Waals surface area contributed by atoms with Crippen LogP contribution in [0.25, 0.3) is 0 Å². The van der Waals surface area contributed by atoms with E-state index in [1.807, 2.05) is 24.3 Å². The zero-order valence-electron chi connectivity index (χ0n) is 20.3. The molecule has 4 rings (SSSR count). The largest absolute Gasteiger partial charge is 0.487 e. The highest BCUT2D eigenvalue weighted by atomic mass is 79.9. The first-order valence-electron chi connectivity index (χ1n) is 12.0. The summed E-state index contributed by atoms with van der Waals surface area (Å²) in [6.07, 6.45) is 1.28. The predicted octanol–water partition coefficient (Wildman–Crippen LogP) is 4.56. The molecule has 10 heteroatoms. The molecule has 0 aliphatic carbocycles. The van der Waals surface area contributed by atoms with Crippen molar-refractivity contribution in [3.8, 4) is 5.75 Å². The number of amides is 2. The van der Waals surface area contributed by atoms with Gasteiger partial charge >= 0.3 is 6.03 Å². The van der Waals surface area contributed by atoms with Gasteiger partial charge in [-0.05, 0) is 59.0 Å². The topological polar surface area (TPSA) is 94.7 Å². The Morgan fingerprint density at radius 3 is 2.51 bits per heavy atom. The summed E-state index contributed by atoms with van der Waals surface area (Å²) in [7, 11) is 0. The fourth-order valence-electron chi connectivity index (χ4n) is 4.20. The minimum Gasteiger partial charge on any atom is -0.487 e. The van der Waals surface area contributed by atoms with Crippen LogP contribution in [0.15, 0.2) is 51.7 Å². The number of benzene rings is 2. The van der Waals surface area contributed by atoms with Gasteiger partial charge in [0, 0.05) is 48.9 Å². The molecule has 3 aromatic rings. The lowest BCUT2D eigenvalue weighted by Crippen LogP contribution is -2.45. The van der Waals surface area contributed by atoms with Crippen molar-refractivity contribution in [3.05, 3.63) is 96.9 Å². The highest BCUT2D eigenvalue weighted by Gasteiger charge is 2.21. The number of piperidine rings is 1. The van der Waals surface area contributed by atoms with Gasteiger partial charge < -0.3 is 25.0 Å². The maximum Gasteiger partial charge on any atom is 0.317 e. The second-order valence-electron chi connectivity index (χ2n) is 9.10. The Hall–Kier alpha value is -3.24. The van der Waals surface area contributed by atoms with E-state index in [2.05, 4.69) is 26.2 Å². The molecule has 1 aliphatic rings. The van der Waals surface area contributed by atoms with Crippen molar-refractivity contribution in [2.75, 3.05) is 13.1 Å². The lowest BCUT2D eigenvalue weighted by molar-refractivity contribution is 0.0936. The standard InChI is InChI=1S/C27H28BrF2N3O4/c1-16-22(25(24(28)26(35)32-16)37-15-19-6-7-20(29)13-23(19)30)12-17-2-4-18(5-3-17)14-31-27(36)33-10-8-21(34)9-11-33/h2-7,13,21,34H,8-12,14-15H2,1H3,(H,31,36)(H,32,35). The average Bonchev–Trinajstić information content (AvgIpc) is 2.87. The van der Waals surface area contributed by atoms with Crippen LogP contribution in [-0.2, 0) is 19.6 Å². The molecule has 196 valence electrons. The molecule has 0 bridgehead atoms. The third kappa shape index (κ3) is 6.75. The number of urea groups is 1. The molecule has 1 fully saturated rings. The number of rotatable bonds is 7. The fraction of sp³-hybridized carbons (Fsp3) is 0.333. The van der Waals surface area contributed by atoms with Gasteiger partial charge in [-0.2, -0.15) is 0 Å². The minimum absolute atomic E-state index is 0.149. The maximum atomic E-state index is 14.1. The molecule has 1 aromatic heterocycles. The number of aliphatic hydroxyl groups is 1. The Bertz CT molecular complexity index is 1320. The van der Waals surface area contributed by atoms with Crippen LogP contribution in [0, 0.1) is 18.6 Å². The summed E-state index contributed by atoms with van der Waals surface area (Å²) < 4.78 is 33.4. The number of nitrogens with zero attached hydrogens (tertiary/aromatic N) is 1. The van der Waals surface area contributed by atoms with Crippen LogP contribution in [0.1, 0.15) is 40.8 Å². The number of H-pyrrole nitrogens is 1. The Morgan fingerprint density at radius 1 is 1.16 bits per heavy atom. The Kier molecular flexibility index (Phi) is 8.60. The van der Waals surface area contributed by atoms with Crippen LogP contribution < -0.4 is 15.6 Å². The average molecular weight is 576 g/mol. The second kappa shape index (κ2) is 11.9. The van der Waals surface area contributed by atoms with Gasteiger partial charge in [0.05, 0.1) is 6.10 Å². The first kappa shape index (κ1) is 26.8. The predicted molar refractivity (Wildman–Crippen MR) is 138 cm³/mol. The molecular weight excluding hydrogens is 548 g/mol. The number of nitrogens with one attached hydrogen (secondary N) is 2. The number of aryl methyl sites for hydroxylation is 1. The van der Waals surface area contributed by atoms with Gasteiger partial charge in [-0.15, -0.1) is 0 Å². The number of aromatic nitrogens is 1. The van der Waals surface area contributed by atoms with Gasteiger partial charge in [0.2, 0.25) is 0 Å². The molecule has 0 spiro atoms. The van der Waals surface area contributed by atoms with E-state index in [1.54, 1.807) is 11.8 Å². The van der Waals surface area contributed by atoms with E-state index in [0.717, 1.165) is 28.8 Å². The van der Waals surface area contributed by atoms with E-state index in [9.17, 15) is 23.5 Å². The molecule has 37 heavy (non-hydrogen) atoms. The molecule has 2 amide bonds. The number of carbonyl (C=O) groups excluding carboxylic acids is 1. The summed E-state index contributed by atoms with van der Waals surface area (Å²) in [5.41, 5.74) is 3.01. The van der Waals surface area contributed by atoms with Crippen molar-refractivity contribution in [2.45, 2.75) is 45.4 Å². The van der Waals surface area contributed by atoms with Crippen LogP contribution in [0.5, 0.6) is 5.75 Å². The molecule has 0 radical (unpaired) electrons. The van der Waals surface area contributed by atoms with Gasteiger partial charge in [-0.3, -0.25) is 4.79 Å². The molecule has 1 saturated heterocycles. The minimum atomic E-state index is -0.722. The van der Waals surface area contributed by atoms with Crippen molar-refractivity contribution >= 4 is 22.0 Å². The Morgan fingerprint density at radius 2 is 1.84 bits per heavy atom. The third-order valence-corrected chi connectivity index (χ3v) is 7.13. The number of hydrogen-bond donors (Lipinski definition) is 3. The van der Waals surface area contributed by atoms with Crippen LogP contribution in [0.4, 0.5) is 13.6 Å². The number of aromatic amines is 1. The summed E-state index contributed by atoms with van der Waals surface area (Å²) in [6, 6.07) is 10.8. The van der Waals surface area contributed by atoms with Crippen molar-refractivity contribution in [1.29, 1.82) is 0 Å². The Labute approximate surface area is 221 Å². The zero-order valence-corrected chi connectivity index (χ0v) is 21.9. The van der Waals surface area contributed by atoms with Crippen LogP contribution >= 0.6 is 15.9 Å². The normalized spacial score (nSPS) is 14.0. The number of hydrogen-bond acceptors (Lipinski definition) is 4. The molecule has 1 aliphatic heterocycles. The SMILES string of the molecule is Cc1[nH]c(=O)c(Br)c(OCc2ccc(F)cc2F)c1Cc1ccc(CNC(=O)N2CCC(O)CC2)cc1. The van der Waals surface area contributed by atoms with E-state index in [0.29, 0.717) is 50.3 Å². The smallest absolute Gasteiger partial charge is 0.317 e. The van der Waals surface area contributed by atoms with Crippen molar-refractivity contribution in [1.82, 2.24) is 15.2 Å². The van der Waals surface area contributed by atoms with Gasteiger partial charge in [-0.25, -0.2) is 13.6 Å². The van der Waals surface area contributed by atoms with Crippen LogP contribution in [0.2, 0.25) is 0 Å². The number of carbonyl (C=O) groups is 1. The van der Waals surface area contributed by atoms with Gasteiger partial charge in [0.1, 0.15) is 28.5 Å². The number of aliphatic hydroxyl groups excluding tert-OH is 1. The zero-order chi connectivity index (χ0) is 26.5. The van der Waals surface area contributed by atoms with Crippen molar-refractivity contribution in [3.63, 3.8) is 0 Å². The number of halogens is 3. The van der Waals surface area contributed by atoms with E-state index < -0.39 is 11.6 Å². The molecule has 0 unspecified atom stereocenters. The monoisotopic (exact) mass is 575 g/mol. The van der Waals surface area contributed by atoms with Crippen molar-refractivity contribution in [2.24, 2.45) is 0 Å². The van der Waals surface area contributed by atoms with E-state index in [-0.39, 0.29) is 34.3 Å². The summed E-state index contributed by atoms with van der Waals surface area (Å²) in [4.78, 5) is 29.2. The molecule has 2 heterocycles.